The Morgan fingerprint density at radius 1 is 1.07 bits per heavy atom. The first kappa shape index (κ1) is 10.6. The van der Waals surface area contributed by atoms with Crippen LogP contribution in [0.15, 0.2) is 12.1 Å². The average Bonchev–Trinajstić information content (AvgIpc) is 2.58. The fourth-order valence-corrected chi connectivity index (χ4v) is 2.48. The monoisotopic (exact) mass is 238 g/mol. The third-order valence-electron chi connectivity index (χ3n) is 2.24. The van der Waals surface area contributed by atoms with Crippen molar-refractivity contribution in [1.29, 1.82) is 0 Å². The first-order chi connectivity index (χ1) is 7.08. The zero-order valence-corrected chi connectivity index (χ0v) is 10.4. The zero-order valence-electron chi connectivity index (χ0n) is 8.84. The highest BCUT2D eigenvalue weighted by Crippen LogP contribution is 2.30. The van der Waals surface area contributed by atoms with Crippen LogP contribution in [0.5, 0.6) is 0 Å². The Labute approximate surface area is 98.0 Å². The summed E-state index contributed by atoms with van der Waals surface area (Å²) in [5.74, 6) is 0. The average molecular weight is 239 g/mol. The molecule has 0 radical (unpaired) electrons. The summed E-state index contributed by atoms with van der Waals surface area (Å²) in [6.45, 7) is 5.93. The van der Waals surface area contributed by atoms with Crippen molar-refractivity contribution in [3.05, 3.63) is 33.6 Å². The van der Waals surface area contributed by atoms with Gasteiger partial charge in [-0.3, -0.25) is 0 Å². The van der Waals surface area contributed by atoms with Gasteiger partial charge in [0.25, 0.3) is 0 Å². The van der Waals surface area contributed by atoms with Crippen LogP contribution in [0.3, 0.4) is 0 Å². The minimum absolute atomic E-state index is 0.486. The van der Waals surface area contributed by atoms with Gasteiger partial charge in [-0.25, -0.2) is 9.97 Å². The number of halogens is 1. The van der Waals surface area contributed by atoms with Crippen molar-refractivity contribution >= 4 is 22.9 Å². The van der Waals surface area contributed by atoms with Crippen LogP contribution >= 0.6 is 22.9 Å². The lowest BCUT2D eigenvalue weighted by Crippen LogP contribution is -1.95. The normalized spacial score (nSPS) is 10.7. The molecule has 0 N–H and O–H groups in total. The van der Waals surface area contributed by atoms with E-state index >= 15 is 0 Å². The summed E-state index contributed by atoms with van der Waals surface area (Å²) < 4.78 is 0. The van der Waals surface area contributed by atoms with Gasteiger partial charge in [-0.05, 0) is 32.9 Å². The topological polar surface area (TPSA) is 25.8 Å². The van der Waals surface area contributed by atoms with Gasteiger partial charge in [0.15, 0.2) is 5.15 Å². The largest absolute Gasteiger partial charge is 0.247 e. The number of hydrogen-bond donors (Lipinski definition) is 0. The summed E-state index contributed by atoms with van der Waals surface area (Å²) in [5, 5.41) is 0.486. The highest BCUT2D eigenvalue weighted by Gasteiger charge is 2.10. The molecule has 4 heteroatoms. The molecule has 0 spiro atoms. The number of aryl methyl sites for hydroxylation is 3. The van der Waals surface area contributed by atoms with Crippen molar-refractivity contribution in [1.82, 2.24) is 9.97 Å². The molecule has 0 bridgehead atoms. The molecule has 2 aromatic rings. The molecule has 0 saturated heterocycles. The molecule has 2 aromatic heterocycles. The molecule has 2 heterocycles. The standard InChI is InChI=1S/C11H11ClN2S/c1-6-4-5-9(15-6)10-11(12)14-8(3)7(2)13-10/h4-5H,1-3H3. The Hall–Kier alpha value is -0.930. The van der Waals surface area contributed by atoms with E-state index in [0.29, 0.717) is 5.15 Å². The minimum atomic E-state index is 0.486. The lowest BCUT2D eigenvalue weighted by molar-refractivity contribution is 1.06. The van der Waals surface area contributed by atoms with E-state index in [1.165, 1.54) is 4.88 Å². The molecule has 0 aliphatic heterocycles. The van der Waals surface area contributed by atoms with Gasteiger partial charge in [-0.1, -0.05) is 11.6 Å². The maximum absolute atomic E-state index is 6.08. The summed E-state index contributed by atoms with van der Waals surface area (Å²) in [5.41, 5.74) is 2.61. The van der Waals surface area contributed by atoms with Gasteiger partial charge in [0.05, 0.1) is 16.3 Å². The van der Waals surface area contributed by atoms with Crippen molar-refractivity contribution < 1.29 is 0 Å². The Balaban J connectivity index is 2.58. The highest BCUT2D eigenvalue weighted by atomic mass is 35.5. The molecular formula is C11H11ClN2S. The van der Waals surface area contributed by atoms with Gasteiger partial charge in [-0.15, -0.1) is 11.3 Å². The van der Waals surface area contributed by atoms with Crippen LogP contribution in [0.2, 0.25) is 5.15 Å². The quantitative estimate of drug-likeness (QED) is 0.756. The van der Waals surface area contributed by atoms with E-state index in [0.717, 1.165) is 22.0 Å². The van der Waals surface area contributed by atoms with Crippen LogP contribution in [0.4, 0.5) is 0 Å². The Bertz CT molecular complexity index is 505. The summed E-state index contributed by atoms with van der Waals surface area (Å²) >= 11 is 7.76. The fourth-order valence-electron chi connectivity index (χ4n) is 1.29. The molecule has 0 fully saturated rings. The molecule has 0 unspecified atom stereocenters. The molecule has 0 aliphatic carbocycles. The van der Waals surface area contributed by atoms with Crippen LogP contribution in [0.25, 0.3) is 10.6 Å². The maximum atomic E-state index is 6.08. The molecule has 0 saturated carbocycles. The molecule has 2 rings (SSSR count). The van der Waals surface area contributed by atoms with Crippen LogP contribution < -0.4 is 0 Å². The van der Waals surface area contributed by atoms with Crippen LogP contribution in [0.1, 0.15) is 16.3 Å². The number of hydrogen-bond acceptors (Lipinski definition) is 3. The summed E-state index contributed by atoms with van der Waals surface area (Å²) in [4.78, 5) is 11.1. The van der Waals surface area contributed by atoms with E-state index in [1.807, 2.05) is 19.9 Å². The number of nitrogens with zero attached hydrogens (tertiary/aromatic N) is 2. The minimum Gasteiger partial charge on any atom is -0.247 e. The van der Waals surface area contributed by atoms with Crippen molar-refractivity contribution in [3.63, 3.8) is 0 Å². The second-order valence-corrected chi connectivity index (χ2v) is 5.09. The van der Waals surface area contributed by atoms with Gasteiger partial charge < -0.3 is 0 Å². The van der Waals surface area contributed by atoms with Crippen molar-refractivity contribution in [3.8, 4) is 10.6 Å². The lowest BCUT2D eigenvalue weighted by Gasteiger charge is -2.04. The third-order valence-corrected chi connectivity index (χ3v) is 3.51. The smallest absolute Gasteiger partial charge is 0.156 e. The second kappa shape index (κ2) is 3.91. The fraction of sp³-hybridized carbons (Fsp3) is 0.273. The molecule has 78 valence electrons. The second-order valence-electron chi connectivity index (χ2n) is 3.44. The van der Waals surface area contributed by atoms with Crippen molar-refractivity contribution in [2.75, 3.05) is 0 Å². The lowest BCUT2D eigenvalue weighted by atomic mass is 10.3. The van der Waals surface area contributed by atoms with Crippen LogP contribution in [-0.2, 0) is 0 Å². The van der Waals surface area contributed by atoms with Gasteiger partial charge in [-0.2, -0.15) is 0 Å². The Kier molecular flexibility index (Phi) is 2.76. The van der Waals surface area contributed by atoms with E-state index in [-0.39, 0.29) is 0 Å². The van der Waals surface area contributed by atoms with Crippen molar-refractivity contribution in [2.24, 2.45) is 0 Å². The summed E-state index contributed by atoms with van der Waals surface area (Å²) in [7, 11) is 0. The molecule has 15 heavy (non-hydrogen) atoms. The van der Waals surface area contributed by atoms with Crippen LogP contribution in [0, 0.1) is 20.8 Å². The van der Waals surface area contributed by atoms with Crippen molar-refractivity contribution in [2.45, 2.75) is 20.8 Å². The zero-order chi connectivity index (χ0) is 11.0. The van der Waals surface area contributed by atoms with Gasteiger partial charge in [0, 0.05) is 4.88 Å². The first-order valence-corrected chi connectivity index (χ1v) is 5.85. The molecular weight excluding hydrogens is 228 g/mol. The number of rotatable bonds is 1. The van der Waals surface area contributed by atoms with E-state index in [2.05, 4.69) is 23.0 Å². The van der Waals surface area contributed by atoms with Gasteiger partial charge in [0.2, 0.25) is 0 Å². The van der Waals surface area contributed by atoms with Gasteiger partial charge in [0.1, 0.15) is 5.69 Å². The SMILES string of the molecule is Cc1ccc(-c2nc(C)c(C)nc2Cl)s1. The van der Waals surface area contributed by atoms with E-state index in [9.17, 15) is 0 Å². The van der Waals surface area contributed by atoms with E-state index in [4.69, 9.17) is 11.6 Å². The first-order valence-electron chi connectivity index (χ1n) is 4.65. The number of thiophene rings is 1. The molecule has 0 aromatic carbocycles. The van der Waals surface area contributed by atoms with E-state index < -0.39 is 0 Å². The third kappa shape index (κ3) is 2.03. The Morgan fingerprint density at radius 2 is 1.73 bits per heavy atom. The Morgan fingerprint density at radius 3 is 2.33 bits per heavy atom. The predicted molar refractivity (Wildman–Crippen MR) is 64.6 cm³/mol. The van der Waals surface area contributed by atoms with E-state index in [1.54, 1.807) is 11.3 Å². The molecule has 0 atom stereocenters. The van der Waals surface area contributed by atoms with Gasteiger partial charge >= 0.3 is 0 Å². The number of aromatic nitrogens is 2. The summed E-state index contributed by atoms with van der Waals surface area (Å²) in [6, 6.07) is 4.10. The molecule has 2 nitrogen and oxygen atoms in total. The highest BCUT2D eigenvalue weighted by molar-refractivity contribution is 7.15. The summed E-state index contributed by atoms with van der Waals surface area (Å²) in [6.07, 6.45) is 0. The predicted octanol–water partition coefficient (Wildman–Crippen LogP) is 3.78. The molecule has 0 aliphatic rings. The van der Waals surface area contributed by atoms with Crippen LogP contribution in [-0.4, -0.2) is 9.97 Å². The molecule has 0 amide bonds. The maximum Gasteiger partial charge on any atom is 0.156 e.